The average Bonchev–Trinajstić information content (AvgIpc) is 3.63. The zero-order chi connectivity index (χ0) is 38.4. The maximum absolute atomic E-state index is 2.48. The van der Waals surface area contributed by atoms with Crippen LogP contribution in [0, 0.1) is 0 Å². The average molecular weight is 741 g/mol. The maximum atomic E-state index is 2.48. The Morgan fingerprint density at radius 1 is 0.379 bits per heavy atom. The molecule has 1 aliphatic carbocycles. The van der Waals surface area contributed by atoms with Crippen molar-refractivity contribution in [2.24, 2.45) is 0 Å². The molecule has 0 unspecified atom stereocenters. The molecule has 0 radical (unpaired) electrons. The highest BCUT2D eigenvalue weighted by Gasteiger charge is 2.20. The van der Waals surface area contributed by atoms with Crippen LogP contribution in [0.4, 0.5) is 17.1 Å². The first-order valence-corrected chi connectivity index (χ1v) is 20.2. The third-order valence-electron chi connectivity index (χ3n) is 11.8. The Morgan fingerprint density at radius 3 is 1.59 bits per heavy atom. The number of rotatable bonds is 7. The fraction of sp³-hybridized carbons (Fsp3) is 0.0357. The van der Waals surface area contributed by atoms with Gasteiger partial charge < -0.3 is 9.47 Å². The number of hydrogen-bond acceptors (Lipinski definition) is 1. The molecule has 10 aromatic rings. The van der Waals surface area contributed by atoms with Gasteiger partial charge in [-0.1, -0.05) is 152 Å². The summed E-state index contributed by atoms with van der Waals surface area (Å²) in [5.74, 6) is 0. The number of nitrogens with zero attached hydrogens (tertiary/aromatic N) is 2. The largest absolute Gasteiger partial charge is 0.313 e. The molecule has 1 aromatic heterocycles. The second-order valence-electron chi connectivity index (χ2n) is 15.3. The number of hydrogen-bond donors (Lipinski definition) is 0. The SMILES string of the molecule is C1=Cc2c(n(-c3ccc(-c4ccccc4)cc3)c3ccc(-c4cccc(-c5ccc(N(c6ccc7ccccc7c6)c6ccc7ccccc7c6)cc5)c4)cc23)CC1. The van der Waals surface area contributed by atoms with E-state index in [4.69, 9.17) is 0 Å². The Labute approximate surface area is 339 Å². The lowest BCUT2D eigenvalue weighted by Crippen LogP contribution is -2.09. The van der Waals surface area contributed by atoms with Crippen molar-refractivity contribution in [3.8, 4) is 39.1 Å². The van der Waals surface area contributed by atoms with Crippen molar-refractivity contribution < 1.29 is 0 Å². The quantitative estimate of drug-likeness (QED) is 0.158. The van der Waals surface area contributed by atoms with E-state index in [0.717, 1.165) is 29.9 Å². The molecule has 58 heavy (non-hydrogen) atoms. The minimum atomic E-state index is 1.03. The minimum Gasteiger partial charge on any atom is -0.313 e. The summed E-state index contributed by atoms with van der Waals surface area (Å²) in [6.45, 7) is 0. The molecule has 0 N–H and O–H groups in total. The zero-order valence-electron chi connectivity index (χ0n) is 32.1. The predicted molar refractivity (Wildman–Crippen MR) is 247 cm³/mol. The lowest BCUT2D eigenvalue weighted by Gasteiger charge is -2.26. The smallest absolute Gasteiger partial charge is 0.0538 e. The molecule has 1 heterocycles. The monoisotopic (exact) mass is 740 g/mol. The van der Waals surface area contributed by atoms with Crippen LogP contribution in [0.25, 0.3) is 77.6 Å². The van der Waals surface area contributed by atoms with Gasteiger partial charge in [-0.15, -0.1) is 0 Å². The van der Waals surface area contributed by atoms with Crippen LogP contribution in [0.2, 0.25) is 0 Å². The van der Waals surface area contributed by atoms with E-state index in [9.17, 15) is 0 Å². The predicted octanol–water partition coefficient (Wildman–Crippen LogP) is 15.4. The maximum Gasteiger partial charge on any atom is 0.0538 e. The topological polar surface area (TPSA) is 8.17 Å². The molecule has 274 valence electrons. The number of aromatic nitrogens is 1. The first-order chi connectivity index (χ1) is 28.7. The van der Waals surface area contributed by atoms with Gasteiger partial charge in [-0.3, -0.25) is 0 Å². The van der Waals surface area contributed by atoms with Crippen molar-refractivity contribution in [2.45, 2.75) is 12.8 Å². The third-order valence-corrected chi connectivity index (χ3v) is 11.8. The fourth-order valence-corrected chi connectivity index (χ4v) is 8.89. The molecule has 0 saturated carbocycles. The molecular weight excluding hydrogens is 701 g/mol. The summed E-state index contributed by atoms with van der Waals surface area (Å²) < 4.78 is 2.48. The van der Waals surface area contributed by atoms with Gasteiger partial charge in [0.25, 0.3) is 0 Å². The molecule has 2 heteroatoms. The van der Waals surface area contributed by atoms with Crippen LogP contribution < -0.4 is 4.90 Å². The van der Waals surface area contributed by atoms with Gasteiger partial charge >= 0.3 is 0 Å². The molecular formula is C56H40N2. The van der Waals surface area contributed by atoms with E-state index in [1.54, 1.807) is 0 Å². The molecule has 0 spiro atoms. The van der Waals surface area contributed by atoms with Crippen LogP contribution in [0.1, 0.15) is 17.7 Å². The molecule has 1 aliphatic rings. The van der Waals surface area contributed by atoms with Crippen LogP contribution in [0.5, 0.6) is 0 Å². The van der Waals surface area contributed by atoms with Gasteiger partial charge in [0.15, 0.2) is 0 Å². The number of allylic oxidation sites excluding steroid dienone is 1. The second-order valence-corrected chi connectivity index (χ2v) is 15.3. The van der Waals surface area contributed by atoms with Crippen LogP contribution in [-0.4, -0.2) is 4.57 Å². The summed E-state index contributed by atoms with van der Waals surface area (Å²) in [6, 6.07) is 75.3. The van der Waals surface area contributed by atoms with Crippen molar-refractivity contribution in [3.63, 3.8) is 0 Å². The molecule has 0 amide bonds. The van der Waals surface area contributed by atoms with Crippen LogP contribution in [0.15, 0.2) is 212 Å². The van der Waals surface area contributed by atoms with Crippen molar-refractivity contribution in [1.82, 2.24) is 4.57 Å². The van der Waals surface area contributed by atoms with E-state index in [-0.39, 0.29) is 0 Å². The zero-order valence-corrected chi connectivity index (χ0v) is 32.1. The minimum absolute atomic E-state index is 1.03. The lowest BCUT2D eigenvalue weighted by molar-refractivity contribution is 0.888. The summed E-state index contributed by atoms with van der Waals surface area (Å²) in [4.78, 5) is 2.37. The molecule has 9 aromatic carbocycles. The van der Waals surface area contributed by atoms with Gasteiger partial charge in [0.05, 0.1) is 5.52 Å². The number of benzene rings is 9. The van der Waals surface area contributed by atoms with E-state index in [1.807, 2.05) is 0 Å². The van der Waals surface area contributed by atoms with Gasteiger partial charge in [0, 0.05) is 39.4 Å². The van der Waals surface area contributed by atoms with E-state index in [1.165, 1.54) is 82.8 Å². The highest BCUT2D eigenvalue weighted by molar-refractivity contribution is 5.97. The fourth-order valence-electron chi connectivity index (χ4n) is 8.89. The molecule has 0 bridgehead atoms. The van der Waals surface area contributed by atoms with Gasteiger partial charge in [0.2, 0.25) is 0 Å². The number of fused-ring (bicyclic) bond motifs is 5. The Balaban J connectivity index is 0.940. The van der Waals surface area contributed by atoms with E-state index in [2.05, 4.69) is 228 Å². The van der Waals surface area contributed by atoms with Gasteiger partial charge in [-0.2, -0.15) is 0 Å². The Hall–Kier alpha value is -7.42. The Bertz CT molecular complexity index is 3070. The van der Waals surface area contributed by atoms with Crippen molar-refractivity contribution in [3.05, 3.63) is 224 Å². The highest BCUT2D eigenvalue weighted by Crippen LogP contribution is 2.40. The normalized spacial score (nSPS) is 12.3. The van der Waals surface area contributed by atoms with Crippen molar-refractivity contribution >= 4 is 55.6 Å². The van der Waals surface area contributed by atoms with E-state index in [0.29, 0.717) is 0 Å². The van der Waals surface area contributed by atoms with Crippen LogP contribution in [-0.2, 0) is 6.42 Å². The Kier molecular flexibility index (Phi) is 8.33. The molecule has 11 rings (SSSR count). The summed E-state index contributed by atoms with van der Waals surface area (Å²) in [7, 11) is 0. The molecule has 0 aliphatic heterocycles. The molecule has 2 nitrogen and oxygen atoms in total. The standard InChI is InChI=1S/C56H40N2/c1-2-11-39(12-3-1)42-21-30-50(31-22-42)58-55-20-9-8-19-53(55)54-38-48(27-34-56(54)58)45-18-10-17-44(35-45)43-23-28-49(29-24-43)57(51-32-25-40-13-4-6-15-46(40)36-51)52-33-26-41-14-5-7-16-47(41)37-52/h1-8,10-19,21-38H,9,20H2. The third kappa shape index (κ3) is 6.07. The summed E-state index contributed by atoms with van der Waals surface area (Å²) in [5, 5.41) is 6.22. The van der Waals surface area contributed by atoms with Gasteiger partial charge in [-0.25, -0.2) is 0 Å². The first-order valence-electron chi connectivity index (χ1n) is 20.2. The van der Waals surface area contributed by atoms with Gasteiger partial charge in [0.1, 0.15) is 0 Å². The highest BCUT2D eigenvalue weighted by atomic mass is 15.1. The van der Waals surface area contributed by atoms with Crippen molar-refractivity contribution in [2.75, 3.05) is 4.90 Å². The van der Waals surface area contributed by atoms with Crippen LogP contribution >= 0.6 is 0 Å². The first kappa shape index (κ1) is 33.9. The second kappa shape index (κ2) is 14.3. The summed E-state index contributed by atoms with van der Waals surface area (Å²) in [5.41, 5.74) is 15.9. The Morgan fingerprint density at radius 2 is 0.897 bits per heavy atom. The molecule has 0 saturated heterocycles. The summed E-state index contributed by atoms with van der Waals surface area (Å²) in [6.07, 6.45) is 6.74. The van der Waals surface area contributed by atoms with Crippen LogP contribution in [0.3, 0.4) is 0 Å². The molecule has 0 atom stereocenters. The van der Waals surface area contributed by atoms with E-state index < -0.39 is 0 Å². The van der Waals surface area contributed by atoms with Crippen molar-refractivity contribution in [1.29, 1.82) is 0 Å². The van der Waals surface area contributed by atoms with E-state index >= 15 is 0 Å². The summed E-state index contributed by atoms with van der Waals surface area (Å²) >= 11 is 0. The number of anilines is 3. The lowest BCUT2D eigenvalue weighted by atomic mass is 9.96. The van der Waals surface area contributed by atoms with Gasteiger partial charge in [-0.05, 0) is 134 Å². The molecule has 0 fully saturated rings.